The number of benzene rings is 3. The molecule has 144 valence electrons. The lowest BCUT2D eigenvalue weighted by Gasteiger charge is -2.06. The molecule has 0 fully saturated rings. The number of hydrogen-bond donors (Lipinski definition) is 1. The van der Waals surface area contributed by atoms with Crippen molar-refractivity contribution in [2.45, 2.75) is 13.3 Å². The second kappa shape index (κ2) is 8.15. The molecule has 0 amide bonds. The van der Waals surface area contributed by atoms with Crippen LogP contribution in [0.4, 0.5) is 0 Å². The highest BCUT2D eigenvalue weighted by atomic mass is 16.5. The summed E-state index contributed by atoms with van der Waals surface area (Å²) in [6, 6.07) is 23.0. The molecule has 0 aliphatic heterocycles. The Balaban J connectivity index is 1.44. The van der Waals surface area contributed by atoms with Gasteiger partial charge in [0.15, 0.2) is 6.61 Å². The van der Waals surface area contributed by atoms with E-state index in [2.05, 4.69) is 11.9 Å². The van der Waals surface area contributed by atoms with Crippen LogP contribution in [0.2, 0.25) is 0 Å². The molecule has 0 radical (unpaired) electrons. The Morgan fingerprint density at radius 2 is 1.59 bits per heavy atom. The number of aryl methyl sites for hydroxylation is 1. The third-order valence-electron chi connectivity index (χ3n) is 5.05. The first-order valence-electron chi connectivity index (χ1n) is 9.62. The smallest absolute Gasteiger partial charge is 0.338 e. The zero-order valence-electron chi connectivity index (χ0n) is 16.1. The number of hydrogen-bond acceptors (Lipinski definition) is 3. The molecule has 0 spiro atoms. The largest absolute Gasteiger partial charge is 0.454 e. The van der Waals surface area contributed by atoms with E-state index in [9.17, 15) is 9.59 Å². The van der Waals surface area contributed by atoms with Crippen molar-refractivity contribution in [3.8, 4) is 11.1 Å². The summed E-state index contributed by atoms with van der Waals surface area (Å²) in [5.41, 5.74) is 5.17. The molecule has 1 heterocycles. The van der Waals surface area contributed by atoms with Crippen molar-refractivity contribution in [3.63, 3.8) is 0 Å². The van der Waals surface area contributed by atoms with Gasteiger partial charge in [-0.3, -0.25) is 4.79 Å². The predicted octanol–water partition coefficient (Wildman–Crippen LogP) is 5.44. The number of ketones is 1. The van der Waals surface area contributed by atoms with E-state index in [0.29, 0.717) is 11.1 Å². The van der Waals surface area contributed by atoms with Gasteiger partial charge in [-0.25, -0.2) is 4.79 Å². The molecular formula is C25H21NO3. The van der Waals surface area contributed by atoms with Gasteiger partial charge in [-0.2, -0.15) is 0 Å². The second-order valence-electron chi connectivity index (χ2n) is 6.84. The third-order valence-corrected chi connectivity index (χ3v) is 5.05. The second-order valence-corrected chi connectivity index (χ2v) is 6.84. The topological polar surface area (TPSA) is 59.2 Å². The van der Waals surface area contributed by atoms with E-state index in [-0.39, 0.29) is 12.4 Å². The lowest BCUT2D eigenvalue weighted by molar-refractivity contribution is 0.0475. The van der Waals surface area contributed by atoms with E-state index < -0.39 is 5.97 Å². The maximum Gasteiger partial charge on any atom is 0.338 e. The highest BCUT2D eigenvalue weighted by Gasteiger charge is 2.16. The summed E-state index contributed by atoms with van der Waals surface area (Å²) in [6.45, 7) is 1.78. The number of rotatable bonds is 6. The zero-order valence-corrected chi connectivity index (χ0v) is 16.1. The molecule has 1 aromatic heterocycles. The Bertz CT molecular complexity index is 1160. The minimum atomic E-state index is -0.507. The van der Waals surface area contributed by atoms with Gasteiger partial charge < -0.3 is 9.72 Å². The molecule has 0 aliphatic rings. The minimum absolute atomic E-state index is 0.223. The van der Waals surface area contributed by atoms with Gasteiger partial charge in [0.1, 0.15) is 0 Å². The number of carbonyl (C=O) groups is 2. The van der Waals surface area contributed by atoms with Gasteiger partial charge in [0, 0.05) is 22.7 Å². The Hall–Kier alpha value is -3.66. The van der Waals surface area contributed by atoms with Crippen LogP contribution in [-0.2, 0) is 11.2 Å². The zero-order chi connectivity index (χ0) is 20.2. The van der Waals surface area contributed by atoms with Crippen LogP contribution in [0.3, 0.4) is 0 Å². The number of para-hydroxylation sites is 1. The van der Waals surface area contributed by atoms with Gasteiger partial charge in [-0.1, -0.05) is 67.6 Å². The number of H-pyrrole nitrogens is 1. The molecule has 4 rings (SSSR count). The Kier molecular flexibility index (Phi) is 5.25. The number of ether oxygens (including phenoxy) is 1. The Morgan fingerprint density at radius 3 is 2.31 bits per heavy atom. The van der Waals surface area contributed by atoms with Gasteiger partial charge in [0.25, 0.3) is 0 Å². The van der Waals surface area contributed by atoms with Gasteiger partial charge in [-0.15, -0.1) is 0 Å². The van der Waals surface area contributed by atoms with Crippen LogP contribution >= 0.6 is 0 Å². The molecule has 4 heteroatoms. The summed E-state index contributed by atoms with van der Waals surface area (Å²) >= 11 is 0. The molecule has 0 saturated carbocycles. The molecule has 0 unspecified atom stereocenters. The van der Waals surface area contributed by atoms with Crippen molar-refractivity contribution in [2.75, 3.05) is 6.61 Å². The fourth-order valence-electron chi connectivity index (χ4n) is 3.46. The molecule has 29 heavy (non-hydrogen) atoms. The number of Topliss-reactive ketones (excluding diaryl/α,β-unsaturated/α-hetero) is 1. The van der Waals surface area contributed by atoms with Crippen molar-refractivity contribution in [1.29, 1.82) is 0 Å². The number of carbonyl (C=O) groups excluding carboxylic acids is 2. The number of esters is 1. The molecule has 0 atom stereocenters. The summed E-state index contributed by atoms with van der Waals surface area (Å²) in [4.78, 5) is 28.1. The van der Waals surface area contributed by atoms with Crippen LogP contribution in [0.5, 0.6) is 0 Å². The lowest BCUT2D eigenvalue weighted by Crippen LogP contribution is -2.14. The normalized spacial score (nSPS) is 10.8. The molecule has 4 nitrogen and oxygen atoms in total. The van der Waals surface area contributed by atoms with Crippen LogP contribution < -0.4 is 0 Å². The van der Waals surface area contributed by atoms with Crippen LogP contribution in [0.25, 0.3) is 22.0 Å². The summed E-state index contributed by atoms with van der Waals surface area (Å²) < 4.78 is 5.26. The van der Waals surface area contributed by atoms with Gasteiger partial charge in [-0.05, 0) is 35.2 Å². The summed E-state index contributed by atoms with van der Waals surface area (Å²) in [6.07, 6.45) is 2.56. The Labute approximate surface area is 169 Å². The minimum Gasteiger partial charge on any atom is -0.454 e. The van der Waals surface area contributed by atoms with Crippen molar-refractivity contribution < 1.29 is 14.3 Å². The van der Waals surface area contributed by atoms with Crippen molar-refractivity contribution >= 4 is 22.7 Å². The molecular weight excluding hydrogens is 362 g/mol. The van der Waals surface area contributed by atoms with E-state index in [0.717, 1.165) is 34.0 Å². The number of fused-ring (bicyclic) bond motifs is 1. The number of aromatic nitrogens is 1. The fraction of sp³-hybridized carbons (Fsp3) is 0.120. The standard InChI is InChI=1S/C25H21NO3/c1-2-17-9-6-10-21-22(15-26-24(17)21)23(27)16-29-25(28)20-13-11-19(12-14-20)18-7-4-3-5-8-18/h3-15,26H,2,16H2,1H3. The first kappa shape index (κ1) is 18.7. The van der Waals surface area contributed by atoms with E-state index in [1.807, 2.05) is 60.7 Å². The van der Waals surface area contributed by atoms with Crippen LogP contribution in [0, 0.1) is 0 Å². The maximum atomic E-state index is 12.6. The van der Waals surface area contributed by atoms with Gasteiger partial charge in [0.2, 0.25) is 5.78 Å². The quantitative estimate of drug-likeness (QED) is 0.356. The Morgan fingerprint density at radius 1 is 0.862 bits per heavy atom. The molecule has 1 N–H and O–H groups in total. The van der Waals surface area contributed by atoms with Crippen molar-refractivity contribution in [2.24, 2.45) is 0 Å². The average Bonchev–Trinajstić information content (AvgIpc) is 3.22. The average molecular weight is 383 g/mol. The van der Waals surface area contributed by atoms with Gasteiger partial charge in [0.05, 0.1) is 5.56 Å². The van der Waals surface area contributed by atoms with Crippen LogP contribution in [-0.4, -0.2) is 23.3 Å². The monoisotopic (exact) mass is 383 g/mol. The van der Waals surface area contributed by atoms with Crippen LogP contribution in [0.1, 0.15) is 33.2 Å². The summed E-state index contributed by atoms with van der Waals surface area (Å²) in [5.74, 6) is -0.731. The highest BCUT2D eigenvalue weighted by Crippen LogP contribution is 2.23. The summed E-state index contributed by atoms with van der Waals surface area (Å²) in [5, 5.41) is 0.859. The van der Waals surface area contributed by atoms with E-state index in [1.54, 1.807) is 18.3 Å². The van der Waals surface area contributed by atoms with Crippen molar-refractivity contribution in [1.82, 2.24) is 4.98 Å². The summed E-state index contributed by atoms with van der Waals surface area (Å²) in [7, 11) is 0. The van der Waals surface area contributed by atoms with Gasteiger partial charge >= 0.3 is 5.97 Å². The maximum absolute atomic E-state index is 12.6. The molecule has 0 saturated heterocycles. The van der Waals surface area contributed by atoms with Crippen LogP contribution in [0.15, 0.2) is 79.0 Å². The molecule has 0 bridgehead atoms. The molecule has 4 aromatic rings. The molecule has 3 aromatic carbocycles. The van der Waals surface area contributed by atoms with Crippen molar-refractivity contribution in [3.05, 3.63) is 95.7 Å². The van der Waals surface area contributed by atoms with E-state index in [4.69, 9.17) is 4.74 Å². The number of aromatic amines is 1. The fourth-order valence-corrected chi connectivity index (χ4v) is 3.46. The third kappa shape index (κ3) is 3.83. The first-order chi connectivity index (χ1) is 14.2. The highest BCUT2D eigenvalue weighted by molar-refractivity contribution is 6.09. The van der Waals surface area contributed by atoms with E-state index in [1.165, 1.54) is 0 Å². The predicted molar refractivity (Wildman–Crippen MR) is 114 cm³/mol. The molecule has 0 aliphatic carbocycles. The number of nitrogens with one attached hydrogen (secondary N) is 1. The van der Waals surface area contributed by atoms with E-state index >= 15 is 0 Å². The SMILES string of the molecule is CCc1cccc2c(C(=O)COC(=O)c3ccc(-c4ccccc4)cc3)c[nH]c12. The lowest BCUT2D eigenvalue weighted by atomic mass is 10.0. The first-order valence-corrected chi connectivity index (χ1v) is 9.62.